The molecule has 4 rings (SSSR count). The first-order valence-electron chi connectivity index (χ1n) is 8.79. The maximum atomic E-state index is 11.0. The number of hydrogen-bond acceptors (Lipinski definition) is 6. The lowest BCUT2D eigenvalue weighted by Gasteiger charge is -2.38. The molecule has 2 aromatic heterocycles. The van der Waals surface area contributed by atoms with Crippen LogP contribution in [0.15, 0.2) is 22.9 Å². The van der Waals surface area contributed by atoms with Crippen molar-refractivity contribution in [1.29, 1.82) is 0 Å². The molecule has 6 nitrogen and oxygen atoms in total. The van der Waals surface area contributed by atoms with Gasteiger partial charge < -0.3 is 9.63 Å². The number of hydrogen-bond donors (Lipinski definition) is 1. The first kappa shape index (κ1) is 15.7. The molecule has 1 atom stereocenters. The van der Waals surface area contributed by atoms with Gasteiger partial charge in [-0.2, -0.15) is 4.98 Å². The molecule has 0 amide bonds. The van der Waals surface area contributed by atoms with E-state index in [9.17, 15) is 5.11 Å². The van der Waals surface area contributed by atoms with Crippen LogP contribution in [0.25, 0.3) is 0 Å². The fourth-order valence-corrected chi connectivity index (χ4v) is 3.54. The van der Waals surface area contributed by atoms with Crippen molar-refractivity contribution in [2.24, 2.45) is 0 Å². The Morgan fingerprint density at radius 2 is 2.29 bits per heavy atom. The molecule has 0 spiro atoms. The second-order valence-electron chi connectivity index (χ2n) is 7.28. The Bertz CT molecular complexity index is 713. The van der Waals surface area contributed by atoms with E-state index in [1.807, 2.05) is 19.2 Å². The van der Waals surface area contributed by atoms with Crippen LogP contribution in [0.1, 0.15) is 54.6 Å². The van der Waals surface area contributed by atoms with Crippen LogP contribution >= 0.6 is 0 Å². The van der Waals surface area contributed by atoms with Gasteiger partial charge in [-0.25, -0.2) is 0 Å². The number of likely N-dealkylation sites (tertiary alicyclic amines) is 1. The molecule has 1 saturated heterocycles. The molecule has 128 valence electrons. The van der Waals surface area contributed by atoms with Crippen LogP contribution in [0.5, 0.6) is 0 Å². The van der Waals surface area contributed by atoms with Gasteiger partial charge in [0.25, 0.3) is 0 Å². The van der Waals surface area contributed by atoms with E-state index in [0.29, 0.717) is 24.8 Å². The predicted molar refractivity (Wildman–Crippen MR) is 88.4 cm³/mol. The Hall–Kier alpha value is -1.79. The Morgan fingerprint density at radius 1 is 1.42 bits per heavy atom. The molecule has 1 unspecified atom stereocenters. The van der Waals surface area contributed by atoms with E-state index in [0.717, 1.165) is 50.3 Å². The minimum absolute atomic E-state index is 0.440. The summed E-state index contributed by atoms with van der Waals surface area (Å²) in [6, 6.07) is 4.08. The molecule has 1 aliphatic carbocycles. The van der Waals surface area contributed by atoms with Gasteiger partial charge in [0, 0.05) is 30.9 Å². The smallest absolute Gasteiger partial charge is 0.229 e. The van der Waals surface area contributed by atoms with Crippen LogP contribution in [0.4, 0.5) is 0 Å². The van der Waals surface area contributed by atoms with Crippen molar-refractivity contribution >= 4 is 0 Å². The Balaban J connectivity index is 1.41. The van der Waals surface area contributed by atoms with Crippen LogP contribution < -0.4 is 0 Å². The SMILES string of the molecule is Cc1ncccc1CN1CCCC(O)(Cc2nc(C3CC3)no2)C1. The van der Waals surface area contributed by atoms with Gasteiger partial charge in [0.05, 0.1) is 12.0 Å². The van der Waals surface area contributed by atoms with E-state index < -0.39 is 5.60 Å². The maximum Gasteiger partial charge on any atom is 0.229 e. The summed E-state index contributed by atoms with van der Waals surface area (Å²) in [6.07, 6.45) is 6.31. The van der Waals surface area contributed by atoms with Gasteiger partial charge in [0.2, 0.25) is 5.89 Å². The monoisotopic (exact) mass is 328 g/mol. The fourth-order valence-electron chi connectivity index (χ4n) is 3.54. The first-order chi connectivity index (χ1) is 11.6. The van der Waals surface area contributed by atoms with E-state index in [4.69, 9.17) is 4.52 Å². The highest BCUT2D eigenvalue weighted by Crippen LogP contribution is 2.38. The van der Waals surface area contributed by atoms with Crippen molar-refractivity contribution in [1.82, 2.24) is 20.0 Å². The molecule has 2 aliphatic rings. The predicted octanol–water partition coefficient (Wildman–Crippen LogP) is 2.22. The largest absolute Gasteiger partial charge is 0.388 e. The number of piperidine rings is 1. The second-order valence-corrected chi connectivity index (χ2v) is 7.28. The maximum absolute atomic E-state index is 11.0. The summed E-state index contributed by atoms with van der Waals surface area (Å²) in [5, 5.41) is 15.1. The van der Waals surface area contributed by atoms with Crippen molar-refractivity contribution in [3.05, 3.63) is 41.3 Å². The van der Waals surface area contributed by atoms with Gasteiger partial charge in [0.15, 0.2) is 5.82 Å². The molecule has 1 N–H and O–H groups in total. The third-order valence-corrected chi connectivity index (χ3v) is 5.05. The molecule has 3 heterocycles. The van der Waals surface area contributed by atoms with Crippen molar-refractivity contribution in [3.8, 4) is 0 Å². The van der Waals surface area contributed by atoms with Crippen LogP contribution in [0, 0.1) is 6.92 Å². The van der Waals surface area contributed by atoms with Crippen LogP contribution in [-0.4, -0.2) is 43.8 Å². The second kappa shape index (κ2) is 6.26. The topological polar surface area (TPSA) is 75.3 Å². The minimum atomic E-state index is -0.790. The van der Waals surface area contributed by atoms with E-state index in [-0.39, 0.29) is 0 Å². The number of aromatic nitrogens is 3. The molecule has 6 heteroatoms. The Labute approximate surface area is 141 Å². The molecule has 0 aromatic carbocycles. The summed E-state index contributed by atoms with van der Waals surface area (Å²) >= 11 is 0. The van der Waals surface area contributed by atoms with Crippen LogP contribution in [0.3, 0.4) is 0 Å². The van der Waals surface area contributed by atoms with Crippen molar-refractivity contribution in [2.75, 3.05) is 13.1 Å². The number of aliphatic hydroxyl groups is 1. The molecule has 2 aromatic rings. The molecule has 0 bridgehead atoms. The zero-order valence-corrected chi connectivity index (χ0v) is 14.1. The van der Waals surface area contributed by atoms with Crippen molar-refractivity contribution < 1.29 is 9.63 Å². The average Bonchev–Trinajstić information content (AvgIpc) is 3.30. The number of nitrogens with zero attached hydrogens (tertiary/aromatic N) is 4. The summed E-state index contributed by atoms with van der Waals surface area (Å²) in [4.78, 5) is 11.1. The third kappa shape index (κ3) is 3.49. The lowest BCUT2D eigenvalue weighted by atomic mass is 9.89. The quantitative estimate of drug-likeness (QED) is 0.907. The van der Waals surface area contributed by atoms with Gasteiger partial charge in [-0.05, 0) is 50.8 Å². The summed E-state index contributed by atoms with van der Waals surface area (Å²) in [5.41, 5.74) is 1.48. The van der Waals surface area contributed by atoms with Gasteiger partial charge in [-0.1, -0.05) is 11.2 Å². The van der Waals surface area contributed by atoms with Gasteiger partial charge in [-0.15, -0.1) is 0 Å². The van der Waals surface area contributed by atoms with Crippen LogP contribution in [0.2, 0.25) is 0 Å². The van der Waals surface area contributed by atoms with E-state index in [2.05, 4.69) is 26.1 Å². The summed E-state index contributed by atoms with van der Waals surface area (Å²) in [7, 11) is 0. The molecular formula is C18H24N4O2. The van der Waals surface area contributed by atoms with E-state index >= 15 is 0 Å². The molecule has 0 radical (unpaired) electrons. The number of β-amino-alcohol motifs (C(OH)–C–C–N with tert-alkyl or cyclic N) is 1. The highest BCUT2D eigenvalue weighted by atomic mass is 16.5. The number of rotatable bonds is 5. The normalized spacial score (nSPS) is 25.1. The van der Waals surface area contributed by atoms with E-state index in [1.165, 1.54) is 5.56 Å². The highest BCUT2D eigenvalue weighted by molar-refractivity contribution is 5.18. The highest BCUT2D eigenvalue weighted by Gasteiger charge is 2.36. The zero-order chi connectivity index (χ0) is 16.6. The molecule has 1 saturated carbocycles. The first-order valence-corrected chi connectivity index (χ1v) is 8.79. The van der Waals surface area contributed by atoms with Gasteiger partial charge in [-0.3, -0.25) is 9.88 Å². The van der Waals surface area contributed by atoms with Crippen molar-refractivity contribution in [3.63, 3.8) is 0 Å². The number of pyridine rings is 1. The lowest BCUT2D eigenvalue weighted by molar-refractivity contribution is -0.0374. The third-order valence-electron chi connectivity index (χ3n) is 5.05. The molecular weight excluding hydrogens is 304 g/mol. The molecule has 24 heavy (non-hydrogen) atoms. The Morgan fingerprint density at radius 3 is 3.08 bits per heavy atom. The van der Waals surface area contributed by atoms with Crippen molar-refractivity contribution in [2.45, 2.75) is 57.1 Å². The van der Waals surface area contributed by atoms with E-state index in [1.54, 1.807) is 0 Å². The number of aryl methyl sites for hydroxylation is 1. The Kier molecular flexibility index (Phi) is 4.10. The zero-order valence-electron chi connectivity index (χ0n) is 14.1. The lowest BCUT2D eigenvalue weighted by Crippen LogP contribution is -2.49. The minimum Gasteiger partial charge on any atom is -0.388 e. The van der Waals surface area contributed by atoms with Crippen LogP contribution in [-0.2, 0) is 13.0 Å². The standard InChI is InChI=1S/C18H24N4O2/c1-13-15(4-2-8-19-13)11-22-9-3-7-18(23,12-22)10-16-20-17(21-24-16)14-5-6-14/h2,4,8,14,23H,3,5-7,9-12H2,1H3. The van der Waals surface area contributed by atoms with Gasteiger partial charge in [0.1, 0.15) is 0 Å². The summed E-state index contributed by atoms with van der Waals surface area (Å²) < 4.78 is 5.36. The average molecular weight is 328 g/mol. The summed E-state index contributed by atoms with van der Waals surface area (Å²) in [5.74, 6) is 1.86. The fraction of sp³-hybridized carbons (Fsp3) is 0.611. The summed E-state index contributed by atoms with van der Waals surface area (Å²) in [6.45, 7) is 4.47. The molecule has 2 fully saturated rings. The molecule has 1 aliphatic heterocycles. The van der Waals surface area contributed by atoms with Gasteiger partial charge >= 0.3 is 0 Å².